The van der Waals surface area contributed by atoms with Crippen molar-refractivity contribution < 1.29 is 105 Å². The molecule has 0 bridgehead atoms. The van der Waals surface area contributed by atoms with Gasteiger partial charge in [-0.1, -0.05) is 270 Å². The van der Waals surface area contributed by atoms with E-state index < -0.39 is 18.2 Å². The molecule has 145 heavy (non-hydrogen) atoms. The molecule has 774 valence electrons. The highest BCUT2D eigenvalue weighted by molar-refractivity contribution is 5.90. The van der Waals surface area contributed by atoms with Crippen LogP contribution in [0.25, 0.3) is 0 Å². The molecule has 12 rings (SSSR count). The third-order valence-electron chi connectivity index (χ3n) is 22.9. The molecule has 12 aromatic carbocycles. The lowest BCUT2D eigenvalue weighted by atomic mass is 10.1. The van der Waals surface area contributed by atoms with E-state index in [1.54, 1.807) is 70.9 Å². The molecule has 24 heteroatoms. The summed E-state index contributed by atoms with van der Waals surface area (Å²) in [5.41, 5.74) is 18.4. The first-order valence-corrected chi connectivity index (χ1v) is 49.2. The Morgan fingerprint density at radius 1 is 0.255 bits per heavy atom. The maximum absolute atomic E-state index is 11.3. The Morgan fingerprint density at radius 3 is 0.772 bits per heavy atom. The highest BCUT2D eigenvalue weighted by Gasteiger charge is 2.20. The molecule has 6 atom stereocenters. The molecule has 12 aromatic rings. The Labute approximate surface area is 857 Å². The second-order valence-corrected chi connectivity index (χ2v) is 35.3. The molecule has 0 fully saturated rings. The van der Waals surface area contributed by atoms with Crippen LogP contribution in [0, 0.1) is 41.5 Å². The smallest absolute Gasteiger partial charge is 0.308 e. The molecule has 0 aliphatic heterocycles. The van der Waals surface area contributed by atoms with Crippen molar-refractivity contribution in [3.05, 3.63) is 375 Å². The van der Waals surface area contributed by atoms with E-state index in [9.17, 15) is 39.0 Å². The number of aryl methyl sites for hydroxylation is 12. The molecule has 4 N–H and O–H groups in total. The average molecular weight is 1980 g/mol. The minimum absolute atomic E-state index is 0.00286. The van der Waals surface area contributed by atoms with Crippen LogP contribution in [0.5, 0.6) is 46.0 Å². The lowest BCUT2D eigenvalue weighted by molar-refractivity contribution is -0.143. The van der Waals surface area contributed by atoms with E-state index in [0.29, 0.717) is 86.0 Å². The van der Waals surface area contributed by atoms with Crippen molar-refractivity contribution in [3.8, 4) is 46.0 Å². The van der Waals surface area contributed by atoms with Gasteiger partial charge in [-0.3, -0.25) is 28.8 Å². The third kappa shape index (κ3) is 49.7. The van der Waals surface area contributed by atoms with Crippen molar-refractivity contribution in [2.45, 2.75) is 217 Å². The number of nitrogens with one attached hydrogen (secondary N) is 2. The number of methoxy groups -OCH3 is 4. The van der Waals surface area contributed by atoms with Gasteiger partial charge in [-0.15, -0.1) is 0 Å². The second kappa shape index (κ2) is 67.5. The highest BCUT2D eigenvalue weighted by Crippen LogP contribution is 2.31. The van der Waals surface area contributed by atoms with E-state index in [1.807, 2.05) is 110 Å². The van der Waals surface area contributed by atoms with Gasteiger partial charge < -0.3 is 87.2 Å². The molecule has 0 radical (unpaired) electrons. The minimum atomic E-state index is -0.582. The summed E-state index contributed by atoms with van der Waals surface area (Å²) in [6.45, 7) is 23.9. The summed E-state index contributed by atoms with van der Waals surface area (Å²) in [7, 11) is 6.80. The largest absolute Gasteiger partial charge is 0.491 e. The fraction of sp³-hybridized carbons (Fsp3) is 0.355. The van der Waals surface area contributed by atoms with Gasteiger partial charge in [0.15, 0.2) is 23.0 Å². The zero-order valence-electron chi connectivity index (χ0n) is 87.1. The Kier molecular flexibility index (Phi) is 54.9. The average Bonchev–Trinajstić information content (AvgIpc) is 0.925. The molecular formula is C121H148N2O22. The summed E-state index contributed by atoms with van der Waals surface area (Å²) < 4.78 is 77.2. The molecule has 6 unspecified atom stereocenters. The number of carbonyl (C=O) groups excluding carboxylic acids is 6. The van der Waals surface area contributed by atoms with Gasteiger partial charge in [-0.25, -0.2) is 0 Å². The zero-order valence-corrected chi connectivity index (χ0v) is 87.1. The number of aliphatic hydroxyl groups excluding tert-OH is 2. The number of anilines is 1. The minimum Gasteiger partial charge on any atom is -0.491 e. The molecule has 2 amide bonds. The fourth-order valence-electron chi connectivity index (χ4n) is 14.3. The van der Waals surface area contributed by atoms with Gasteiger partial charge in [0.05, 0.1) is 42.3 Å². The number of esters is 4. The summed E-state index contributed by atoms with van der Waals surface area (Å²) >= 11 is 0. The van der Waals surface area contributed by atoms with Gasteiger partial charge in [0.1, 0.15) is 75.9 Å². The van der Waals surface area contributed by atoms with Crippen molar-refractivity contribution in [2.75, 3.05) is 73.4 Å². The standard InChI is InChI=1S/C21H27NO3.C21H26O4.C20H25NO3.2C20H24O4.C19H22O4/c1-16-8-10-18(11-9-16)12-13-20(24-3)15-25-21-7-5-4-6-19(21)14-22-17(2)23;1-16-8-10-18(11-9-16)12-13-20(23-3)15-25-21-7-5-4-6-19(21)14-24-17(2)22;1-15-8-10-17(11-9-15)12-13-18(23-3)14-24-20-7-5-4-6-19(20)21-16(2)22;1-15-8-10-17(11-9-15)12-13-18(22-3)14-23-19-6-4-5-7-20(19)24-16(2)21;1-15-7-9-17(10-8-15)11-12-19(22)14-24-20-6-4-3-5-18(20)13-23-16(2)21;1-14-7-9-16(10-8-14)11-12-17(21)13-22-18-5-3-4-6-19(18)23-15(2)20/h4-11,20H,12-15H2,1-3H3,(H,22,23);4-11,20H,12-15H2,1-3H3;4-11,18H,12-14H2,1-3H3,(H,21,22);4-11,18H,12-14H2,1-3H3;3-10,19,22H,11-14H2,1-2H3;3-10,17,21H,11-13H2,1-2H3. The molecule has 24 nitrogen and oxygen atoms in total. The van der Waals surface area contributed by atoms with Crippen LogP contribution in [0.4, 0.5) is 5.69 Å². The summed E-state index contributed by atoms with van der Waals surface area (Å²) in [5, 5.41) is 25.8. The van der Waals surface area contributed by atoms with Crippen molar-refractivity contribution >= 4 is 41.4 Å². The lowest BCUT2D eigenvalue weighted by Crippen LogP contribution is -2.23. The lowest BCUT2D eigenvalue weighted by Gasteiger charge is -2.18. The number of hydrogen-bond acceptors (Lipinski definition) is 22. The van der Waals surface area contributed by atoms with Crippen LogP contribution >= 0.6 is 0 Å². The van der Waals surface area contributed by atoms with Crippen LogP contribution in [-0.2, 0) is 115 Å². The van der Waals surface area contributed by atoms with Crippen molar-refractivity contribution in [3.63, 3.8) is 0 Å². The fourth-order valence-corrected chi connectivity index (χ4v) is 14.3. The van der Waals surface area contributed by atoms with Crippen LogP contribution in [0.3, 0.4) is 0 Å². The number of amides is 2. The quantitative estimate of drug-likeness (QED) is 0.0203. The normalized spacial score (nSPS) is 11.8. The van der Waals surface area contributed by atoms with Crippen LogP contribution in [0.15, 0.2) is 291 Å². The van der Waals surface area contributed by atoms with Gasteiger partial charge in [-0.2, -0.15) is 0 Å². The zero-order chi connectivity index (χ0) is 105. The second-order valence-electron chi connectivity index (χ2n) is 35.3. The topological polar surface area (TPSA) is 296 Å². The van der Waals surface area contributed by atoms with E-state index in [2.05, 4.69) is 191 Å². The Hall–Kier alpha value is -14.0. The first-order chi connectivity index (χ1) is 69.9. The molecular weight excluding hydrogens is 1830 g/mol. The number of rotatable bonds is 49. The van der Waals surface area contributed by atoms with Crippen molar-refractivity contribution in [1.29, 1.82) is 0 Å². The summed E-state index contributed by atoms with van der Waals surface area (Å²) in [6, 6.07) is 94.9. The number of carbonyl (C=O) groups is 6. The maximum Gasteiger partial charge on any atom is 0.308 e. The first-order valence-electron chi connectivity index (χ1n) is 49.2. The molecule has 0 saturated heterocycles. The SMILES string of the molecule is CC(=O)OCc1ccccc1OCC(O)CCc1ccc(C)cc1.CC(=O)Oc1ccccc1OCC(O)CCc1ccc(C)cc1.COC(CCc1ccc(C)cc1)COc1ccccc1CNC(C)=O.COC(CCc1ccc(C)cc1)COc1ccccc1COC(C)=O.COC(CCc1ccc(C)cc1)COc1ccccc1NC(C)=O.COC(CCc1ccc(C)cc1)COc1ccccc1OC(C)=O. The molecule has 0 saturated carbocycles. The third-order valence-corrected chi connectivity index (χ3v) is 22.9. The van der Waals surface area contributed by atoms with Crippen LogP contribution < -0.4 is 48.5 Å². The Morgan fingerprint density at radius 2 is 0.490 bits per heavy atom. The van der Waals surface area contributed by atoms with Gasteiger partial charge in [0, 0.05) is 93.2 Å². The van der Waals surface area contributed by atoms with Gasteiger partial charge in [-0.05, 0) is 207 Å². The van der Waals surface area contributed by atoms with Gasteiger partial charge in [0.25, 0.3) is 0 Å². The predicted molar refractivity (Wildman–Crippen MR) is 569 cm³/mol. The highest BCUT2D eigenvalue weighted by atomic mass is 16.6. The van der Waals surface area contributed by atoms with Crippen LogP contribution in [0.2, 0.25) is 0 Å². The van der Waals surface area contributed by atoms with E-state index in [-0.39, 0.29) is 80.6 Å². The predicted octanol–water partition coefficient (Wildman–Crippen LogP) is 22.4. The van der Waals surface area contributed by atoms with Crippen molar-refractivity contribution in [1.82, 2.24) is 5.32 Å². The Bertz CT molecular complexity index is 5500. The number of aliphatic hydroxyl groups is 2. The van der Waals surface area contributed by atoms with E-state index >= 15 is 0 Å². The summed E-state index contributed by atoms with van der Waals surface area (Å²) in [6.07, 6.45) is 8.97. The molecule has 0 aromatic heterocycles. The number of benzene rings is 12. The summed E-state index contributed by atoms with van der Waals surface area (Å²) in [4.78, 5) is 66.5. The van der Waals surface area contributed by atoms with E-state index in [4.69, 9.17) is 66.3 Å². The molecule has 0 heterocycles. The summed E-state index contributed by atoms with van der Waals surface area (Å²) in [5.74, 6) is 3.02. The number of ether oxygens (including phenoxy) is 14. The van der Waals surface area contributed by atoms with Crippen LogP contribution in [0.1, 0.15) is 164 Å². The molecule has 0 aliphatic carbocycles. The Balaban J connectivity index is 0.000000236. The van der Waals surface area contributed by atoms with Gasteiger partial charge in [0.2, 0.25) is 11.8 Å². The number of para-hydroxylation sites is 9. The van der Waals surface area contributed by atoms with Crippen molar-refractivity contribution in [2.24, 2.45) is 0 Å². The molecule has 0 spiro atoms. The number of hydrogen-bond donors (Lipinski definition) is 4. The maximum atomic E-state index is 11.3. The van der Waals surface area contributed by atoms with E-state index in [0.717, 1.165) is 92.4 Å². The van der Waals surface area contributed by atoms with Gasteiger partial charge >= 0.3 is 23.9 Å². The van der Waals surface area contributed by atoms with E-state index in [1.165, 1.54) is 108 Å². The molecule has 0 aliphatic rings. The monoisotopic (exact) mass is 1980 g/mol. The van der Waals surface area contributed by atoms with Crippen LogP contribution in [-0.4, -0.2) is 151 Å². The first kappa shape index (κ1) is 118.